The molecule has 0 spiro atoms. The first-order valence-electron chi connectivity index (χ1n) is 7.41. The first-order valence-corrected chi connectivity index (χ1v) is 8.56. The van der Waals surface area contributed by atoms with Gasteiger partial charge in [-0.05, 0) is 30.3 Å². The van der Waals surface area contributed by atoms with Crippen LogP contribution in [0.1, 0.15) is 10.4 Å². The number of aliphatic hydroxyl groups is 1. The number of hydrogen-bond acceptors (Lipinski definition) is 4. The molecule has 0 heterocycles. The SMILES string of the molecule is O=C(c1ccccc1)C1C=CC=CC1(O)S(=O)c1ccc(O)cc1. The van der Waals surface area contributed by atoms with Gasteiger partial charge in [-0.1, -0.05) is 48.6 Å². The van der Waals surface area contributed by atoms with Crippen molar-refractivity contribution in [1.82, 2.24) is 0 Å². The van der Waals surface area contributed by atoms with Crippen LogP contribution in [-0.4, -0.2) is 25.1 Å². The lowest BCUT2D eigenvalue weighted by Gasteiger charge is -2.31. The van der Waals surface area contributed by atoms with E-state index >= 15 is 0 Å². The summed E-state index contributed by atoms with van der Waals surface area (Å²) in [6.45, 7) is 0. The Balaban J connectivity index is 1.98. The molecule has 3 rings (SSSR count). The average Bonchev–Trinajstić information content (AvgIpc) is 2.62. The molecule has 2 N–H and O–H groups in total. The van der Waals surface area contributed by atoms with Crippen LogP contribution in [0.3, 0.4) is 0 Å². The molecule has 2 aromatic carbocycles. The quantitative estimate of drug-likeness (QED) is 0.839. The molecule has 24 heavy (non-hydrogen) atoms. The second kappa shape index (κ2) is 6.55. The topological polar surface area (TPSA) is 74.6 Å². The fourth-order valence-electron chi connectivity index (χ4n) is 2.60. The van der Waals surface area contributed by atoms with E-state index in [0.717, 1.165) is 0 Å². The first-order chi connectivity index (χ1) is 11.5. The second-order valence-corrected chi connectivity index (χ2v) is 7.13. The van der Waals surface area contributed by atoms with Gasteiger partial charge < -0.3 is 10.2 Å². The van der Waals surface area contributed by atoms with Crippen molar-refractivity contribution in [3.63, 3.8) is 0 Å². The van der Waals surface area contributed by atoms with E-state index < -0.39 is 21.7 Å². The van der Waals surface area contributed by atoms with Gasteiger partial charge in [0.15, 0.2) is 10.7 Å². The highest BCUT2D eigenvalue weighted by molar-refractivity contribution is 7.86. The summed E-state index contributed by atoms with van der Waals surface area (Å²) in [5, 5.41) is 20.4. The molecule has 3 atom stereocenters. The molecule has 4 nitrogen and oxygen atoms in total. The summed E-state index contributed by atoms with van der Waals surface area (Å²) in [6, 6.07) is 14.3. The van der Waals surface area contributed by atoms with E-state index in [1.165, 1.54) is 30.3 Å². The number of phenols is 1. The summed E-state index contributed by atoms with van der Waals surface area (Å²) in [5.74, 6) is -1.22. The van der Waals surface area contributed by atoms with E-state index in [2.05, 4.69) is 0 Å². The van der Waals surface area contributed by atoms with Gasteiger partial charge in [-0.3, -0.25) is 9.00 Å². The van der Waals surface area contributed by atoms with E-state index in [9.17, 15) is 19.2 Å². The lowest BCUT2D eigenvalue weighted by atomic mass is 9.89. The fourth-order valence-corrected chi connectivity index (χ4v) is 3.98. The molecule has 0 saturated carbocycles. The molecule has 0 amide bonds. The minimum atomic E-state index is -1.88. The Bertz CT molecular complexity index is 824. The lowest BCUT2D eigenvalue weighted by molar-refractivity contribution is 0.0769. The summed E-state index contributed by atoms with van der Waals surface area (Å²) in [4.78, 5) is 11.3. The monoisotopic (exact) mass is 340 g/mol. The van der Waals surface area contributed by atoms with Crippen molar-refractivity contribution in [3.8, 4) is 5.75 Å². The van der Waals surface area contributed by atoms with Crippen LogP contribution in [0.5, 0.6) is 5.75 Å². The third kappa shape index (κ3) is 2.96. The van der Waals surface area contributed by atoms with Gasteiger partial charge in [0.1, 0.15) is 5.75 Å². The van der Waals surface area contributed by atoms with Crippen molar-refractivity contribution >= 4 is 16.6 Å². The van der Waals surface area contributed by atoms with Crippen LogP contribution in [0.2, 0.25) is 0 Å². The van der Waals surface area contributed by atoms with Gasteiger partial charge in [-0.15, -0.1) is 0 Å². The van der Waals surface area contributed by atoms with E-state index in [4.69, 9.17) is 0 Å². The molecule has 3 unspecified atom stereocenters. The van der Waals surface area contributed by atoms with Gasteiger partial charge in [0, 0.05) is 10.5 Å². The third-order valence-corrected chi connectivity index (χ3v) is 5.57. The number of hydrogen-bond donors (Lipinski definition) is 2. The number of benzene rings is 2. The largest absolute Gasteiger partial charge is 0.508 e. The molecular formula is C19H16O4S. The van der Waals surface area contributed by atoms with Crippen LogP contribution in [-0.2, 0) is 10.8 Å². The minimum absolute atomic E-state index is 0.0405. The minimum Gasteiger partial charge on any atom is -0.508 e. The summed E-state index contributed by atoms with van der Waals surface area (Å²) >= 11 is 0. The standard InChI is InChI=1S/C19H16O4S/c20-15-9-11-16(12-10-15)24(23)19(22)13-5-4-8-17(19)18(21)14-6-2-1-3-7-14/h1-13,17,20,22H. The third-order valence-electron chi connectivity index (χ3n) is 3.88. The van der Waals surface area contributed by atoms with Crippen LogP contribution in [0.15, 0.2) is 83.8 Å². The van der Waals surface area contributed by atoms with Crippen molar-refractivity contribution in [2.75, 3.05) is 0 Å². The van der Waals surface area contributed by atoms with Crippen molar-refractivity contribution in [2.45, 2.75) is 9.83 Å². The Hall–Kier alpha value is -2.50. The zero-order chi connectivity index (χ0) is 17.2. The number of ketones is 1. The number of carbonyl (C=O) groups is 1. The summed E-state index contributed by atoms with van der Waals surface area (Å²) < 4.78 is 12.9. The highest BCUT2D eigenvalue weighted by Crippen LogP contribution is 2.34. The Morgan fingerprint density at radius 2 is 1.67 bits per heavy atom. The predicted octanol–water partition coefficient (Wildman–Crippen LogP) is 2.81. The van der Waals surface area contributed by atoms with Crippen LogP contribution in [0.25, 0.3) is 0 Å². The molecule has 0 aromatic heterocycles. The summed E-state index contributed by atoms with van der Waals surface area (Å²) in [6.07, 6.45) is 6.19. The molecule has 1 aliphatic rings. The Morgan fingerprint density at radius 1 is 1.00 bits per heavy atom. The van der Waals surface area contributed by atoms with Crippen molar-refractivity contribution < 1.29 is 19.2 Å². The van der Waals surface area contributed by atoms with Crippen LogP contribution >= 0.6 is 0 Å². The molecule has 5 heteroatoms. The molecule has 0 bridgehead atoms. The predicted molar refractivity (Wildman–Crippen MR) is 92.0 cm³/mol. The number of phenolic OH excluding ortho intramolecular Hbond substituents is 1. The zero-order valence-corrected chi connectivity index (χ0v) is 13.5. The number of rotatable bonds is 4. The molecule has 0 saturated heterocycles. The maximum absolute atomic E-state index is 12.9. The normalized spacial score (nSPS) is 23.8. The van der Waals surface area contributed by atoms with Crippen molar-refractivity contribution in [1.29, 1.82) is 0 Å². The molecule has 0 radical (unpaired) electrons. The average molecular weight is 340 g/mol. The van der Waals surface area contributed by atoms with E-state index in [1.54, 1.807) is 48.6 Å². The Morgan fingerprint density at radius 3 is 2.33 bits per heavy atom. The first kappa shape index (κ1) is 16.4. The van der Waals surface area contributed by atoms with Crippen LogP contribution in [0, 0.1) is 5.92 Å². The van der Waals surface area contributed by atoms with Crippen LogP contribution in [0.4, 0.5) is 0 Å². The fraction of sp³-hybridized carbons (Fsp3) is 0.105. The Kier molecular flexibility index (Phi) is 4.46. The summed E-state index contributed by atoms with van der Waals surface area (Å²) in [7, 11) is -1.88. The molecular weight excluding hydrogens is 324 g/mol. The van der Waals surface area contributed by atoms with Gasteiger partial charge >= 0.3 is 0 Å². The maximum atomic E-state index is 12.9. The van der Waals surface area contributed by atoms with Gasteiger partial charge in [-0.2, -0.15) is 0 Å². The van der Waals surface area contributed by atoms with E-state index in [0.29, 0.717) is 10.5 Å². The molecule has 2 aromatic rings. The van der Waals surface area contributed by atoms with Gasteiger partial charge in [-0.25, -0.2) is 0 Å². The van der Waals surface area contributed by atoms with E-state index in [-0.39, 0.29) is 11.5 Å². The van der Waals surface area contributed by atoms with Gasteiger partial charge in [0.25, 0.3) is 0 Å². The van der Waals surface area contributed by atoms with Crippen LogP contribution < -0.4 is 0 Å². The second-order valence-electron chi connectivity index (χ2n) is 5.47. The lowest BCUT2D eigenvalue weighted by Crippen LogP contribution is -2.44. The maximum Gasteiger partial charge on any atom is 0.176 e. The number of aromatic hydroxyl groups is 1. The number of allylic oxidation sites excluding steroid dienone is 2. The summed E-state index contributed by atoms with van der Waals surface area (Å²) in [5.41, 5.74) is 0.448. The van der Waals surface area contributed by atoms with E-state index in [1.807, 2.05) is 0 Å². The molecule has 1 aliphatic carbocycles. The smallest absolute Gasteiger partial charge is 0.176 e. The van der Waals surface area contributed by atoms with Crippen molar-refractivity contribution in [2.24, 2.45) is 5.92 Å². The Labute approximate surface area is 142 Å². The molecule has 122 valence electrons. The highest BCUT2D eigenvalue weighted by Gasteiger charge is 2.45. The zero-order valence-electron chi connectivity index (χ0n) is 12.7. The molecule has 0 fully saturated rings. The number of carbonyl (C=O) groups excluding carboxylic acids is 1. The highest BCUT2D eigenvalue weighted by atomic mass is 32.2. The molecule has 0 aliphatic heterocycles. The van der Waals surface area contributed by atoms with Crippen molar-refractivity contribution in [3.05, 3.63) is 84.5 Å². The number of Topliss-reactive ketones (excluding diaryl/α,β-unsaturated/α-hetero) is 1. The van der Waals surface area contributed by atoms with Gasteiger partial charge in [0.2, 0.25) is 0 Å². The van der Waals surface area contributed by atoms with Gasteiger partial charge in [0.05, 0.1) is 16.7 Å².